The SMILES string of the molecule is CC(C)(C)OC(=O)NCCCN1CC(=O)N[C@H](CNC(=O)c2ccc(-c3ccccc3C#N)nc2NCCc2cccc(F)c2)C1. The van der Waals surface area contributed by atoms with Gasteiger partial charge in [0, 0.05) is 38.3 Å². The molecule has 1 fully saturated rings. The zero-order valence-corrected chi connectivity index (χ0v) is 26.4. The molecule has 0 bridgehead atoms. The third-order valence-corrected chi connectivity index (χ3v) is 7.10. The molecule has 0 aliphatic carbocycles. The van der Waals surface area contributed by atoms with Crippen LogP contribution >= 0.6 is 0 Å². The molecule has 0 unspecified atom stereocenters. The third-order valence-electron chi connectivity index (χ3n) is 7.10. The first-order valence-corrected chi connectivity index (χ1v) is 15.3. The Hall–Kier alpha value is -5.02. The van der Waals surface area contributed by atoms with Gasteiger partial charge in [0.15, 0.2) is 0 Å². The first-order chi connectivity index (χ1) is 22.0. The number of amides is 3. The first-order valence-electron chi connectivity index (χ1n) is 15.3. The second-order valence-electron chi connectivity index (χ2n) is 12.0. The lowest BCUT2D eigenvalue weighted by atomic mass is 10.0. The van der Waals surface area contributed by atoms with Crippen LogP contribution in [0.3, 0.4) is 0 Å². The summed E-state index contributed by atoms with van der Waals surface area (Å²) in [7, 11) is 0. The number of hydrogen-bond donors (Lipinski definition) is 4. The van der Waals surface area contributed by atoms with Gasteiger partial charge >= 0.3 is 6.09 Å². The zero-order chi connectivity index (χ0) is 33.1. The van der Waals surface area contributed by atoms with E-state index in [9.17, 15) is 24.0 Å². The molecule has 242 valence electrons. The number of carbonyl (C=O) groups is 3. The van der Waals surface area contributed by atoms with Crippen molar-refractivity contribution in [2.75, 3.05) is 44.6 Å². The van der Waals surface area contributed by atoms with Crippen LogP contribution in [-0.4, -0.2) is 78.7 Å². The Morgan fingerprint density at radius 2 is 1.91 bits per heavy atom. The Labute approximate surface area is 268 Å². The fraction of sp³-hybridized carbons (Fsp3) is 0.382. The average molecular weight is 630 g/mol. The molecule has 46 heavy (non-hydrogen) atoms. The number of alkyl carbamates (subject to hydrolysis) is 1. The maximum atomic E-state index is 13.7. The molecule has 2 heterocycles. The summed E-state index contributed by atoms with van der Waals surface area (Å²) >= 11 is 0. The van der Waals surface area contributed by atoms with Crippen molar-refractivity contribution in [1.29, 1.82) is 5.26 Å². The van der Waals surface area contributed by atoms with E-state index in [-0.39, 0.29) is 36.8 Å². The molecule has 1 aliphatic rings. The number of nitriles is 1. The smallest absolute Gasteiger partial charge is 0.407 e. The minimum absolute atomic E-state index is 0.146. The van der Waals surface area contributed by atoms with Gasteiger partial charge in [0.05, 0.1) is 35.5 Å². The van der Waals surface area contributed by atoms with E-state index in [0.717, 1.165) is 5.56 Å². The second kappa shape index (κ2) is 15.8. The first kappa shape index (κ1) is 33.9. The molecule has 1 aromatic heterocycles. The van der Waals surface area contributed by atoms with E-state index in [0.29, 0.717) is 67.2 Å². The molecule has 1 atom stereocenters. The molecular weight excluding hydrogens is 589 g/mol. The lowest BCUT2D eigenvalue weighted by Crippen LogP contribution is -2.58. The highest BCUT2D eigenvalue weighted by molar-refractivity contribution is 5.99. The van der Waals surface area contributed by atoms with Crippen LogP contribution in [0.15, 0.2) is 60.7 Å². The summed E-state index contributed by atoms with van der Waals surface area (Å²) in [5, 5.41) is 21.4. The highest BCUT2D eigenvalue weighted by atomic mass is 19.1. The number of carbonyl (C=O) groups excluding carboxylic acids is 3. The lowest BCUT2D eigenvalue weighted by molar-refractivity contribution is -0.125. The number of nitrogens with zero attached hydrogens (tertiary/aromatic N) is 3. The Balaban J connectivity index is 1.38. The number of aromatic nitrogens is 1. The standard InChI is InChI=1S/C34H40FN7O4/c1-34(2,3)46-33(45)38-15-7-17-42-21-26(40-30(43)22-42)20-39-32(44)28-12-13-29(27-11-5-4-9-24(27)19-36)41-31(28)37-16-14-23-8-6-10-25(35)18-23/h4-6,8-13,18,26H,7,14-17,20-22H2,1-3H3,(H,37,41)(H,38,45)(H,39,44)(H,40,43)/t26-/m1/s1. The van der Waals surface area contributed by atoms with Gasteiger partial charge in [-0.3, -0.25) is 14.5 Å². The third kappa shape index (κ3) is 10.3. The predicted molar refractivity (Wildman–Crippen MR) is 173 cm³/mol. The van der Waals surface area contributed by atoms with Crippen molar-refractivity contribution in [3.8, 4) is 17.3 Å². The molecule has 2 aromatic carbocycles. The largest absolute Gasteiger partial charge is 0.444 e. The van der Waals surface area contributed by atoms with Crippen LogP contribution in [0.25, 0.3) is 11.3 Å². The monoisotopic (exact) mass is 629 g/mol. The molecule has 3 aromatic rings. The summed E-state index contributed by atoms with van der Waals surface area (Å²) in [6.07, 6.45) is 0.643. The Kier molecular flexibility index (Phi) is 11.6. The second-order valence-corrected chi connectivity index (χ2v) is 12.0. The van der Waals surface area contributed by atoms with Crippen LogP contribution in [0.1, 0.15) is 48.7 Å². The number of piperazine rings is 1. The fourth-order valence-corrected chi connectivity index (χ4v) is 5.05. The minimum Gasteiger partial charge on any atom is -0.444 e. The molecule has 0 spiro atoms. The topological polar surface area (TPSA) is 148 Å². The number of pyridine rings is 1. The van der Waals surface area contributed by atoms with E-state index >= 15 is 0 Å². The lowest BCUT2D eigenvalue weighted by Gasteiger charge is -2.33. The normalized spacial score (nSPS) is 14.9. The van der Waals surface area contributed by atoms with E-state index in [2.05, 4.69) is 27.3 Å². The van der Waals surface area contributed by atoms with Gasteiger partial charge in [-0.2, -0.15) is 5.26 Å². The Morgan fingerprint density at radius 3 is 2.67 bits per heavy atom. The summed E-state index contributed by atoms with van der Waals surface area (Å²) in [4.78, 5) is 44.4. The van der Waals surface area contributed by atoms with Crippen molar-refractivity contribution >= 4 is 23.7 Å². The van der Waals surface area contributed by atoms with Gasteiger partial charge in [-0.25, -0.2) is 14.2 Å². The summed E-state index contributed by atoms with van der Waals surface area (Å²) in [6, 6.07) is 18.6. The number of hydrogen-bond acceptors (Lipinski definition) is 8. The van der Waals surface area contributed by atoms with Gasteiger partial charge in [-0.1, -0.05) is 30.3 Å². The van der Waals surface area contributed by atoms with Gasteiger partial charge in [0.2, 0.25) is 5.91 Å². The number of benzene rings is 2. The minimum atomic E-state index is -0.576. The van der Waals surface area contributed by atoms with Gasteiger partial charge < -0.3 is 26.0 Å². The average Bonchev–Trinajstić information content (AvgIpc) is 3.01. The van der Waals surface area contributed by atoms with Crippen LogP contribution in [0, 0.1) is 17.1 Å². The van der Waals surface area contributed by atoms with Crippen molar-refractivity contribution in [1.82, 2.24) is 25.8 Å². The molecule has 0 radical (unpaired) electrons. The van der Waals surface area contributed by atoms with Crippen molar-refractivity contribution in [3.63, 3.8) is 0 Å². The van der Waals surface area contributed by atoms with Gasteiger partial charge in [0.25, 0.3) is 5.91 Å². The molecule has 4 N–H and O–H groups in total. The van der Waals surface area contributed by atoms with Crippen molar-refractivity contribution in [2.24, 2.45) is 0 Å². The van der Waals surface area contributed by atoms with Crippen molar-refractivity contribution < 1.29 is 23.5 Å². The van der Waals surface area contributed by atoms with Crippen molar-refractivity contribution in [3.05, 3.63) is 83.2 Å². The Bertz CT molecular complexity index is 1580. The van der Waals surface area contributed by atoms with Crippen LogP contribution in [0.5, 0.6) is 0 Å². The van der Waals surface area contributed by atoms with E-state index in [1.165, 1.54) is 12.1 Å². The maximum Gasteiger partial charge on any atom is 0.407 e. The van der Waals surface area contributed by atoms with Crippen LogP contribution in [-0.2, 0) is 16.0 Å². The number of halogens is 1. The number of nitrogens with one attached hydrogen (secondary N) is 4. The van der Waals surface area contributed by atoms with E-state index in [1.54, 1.807) is 57.2 Å². The Morgan fingerprint density at radius 1 is 1.11 bits per heavy atom. The summed E-state index contributed by atoms with van der Waals surface area (Å²) in [6.45, 7) is 7.72. The van der Waals surface area contributed by atoms with E-state index in [1.807, 2.05) is 17.0 Å². The molecule has 12 heteroatoms. The van der Waals surface area contributed by atoms with Gasteiger partial charge in [0.1, 0.15) is 17.2 Å². The van der Waals surface area contributed by atoms with Gasteiger partial charge in [-0.05, 0) is 69.5 Å². The predicted octanol–water partition coefficient (Wildman–Crippen LogP) is 3.86. The van der Waals surface area contributed by atoms with E-state index in [4.69, 9.17) is 9.72 Å². The van der Waals surface area contributed by atoms with Gasteiger partial charge in [-0.15, -0.1) is 0 Å². The number of anilines is 1. The highest BCUT2D eigenvalue weighted by Crippen LogP contribution is 2.25. The number of rotatable bonds is 12. The maximum absolute atomic E-state index is 13.7. The number of ether oxygens (including phenoxy) is 1. The molecule has 11 nitrogen and oxygen atoms in total. The summed E-state index contributed by atoms with van der Waals surface area (Å²) in [5.41, 5.74) is 2.13. The zero-order valence-electron chi connectivity index (χ0n) is 26.4. The molecule has 3 amide bonds. The summed E-state index contributed by atoms with van der Waals surface area (Å²) < 4.78 is 18.9. The molecule has 1 saturated heterocycles. The van der Waals surface area contributed by atoms with Crippen LogP contribution < -0.4 is 21.3 Å². The van der Waals surface area contributed by atoms with E-state index < -0.39 is 11.7 Å². The highest BCUT2D eigenvalue weighted by Gasteiger charge is 2.25. The van der Waals surface area contributed by atoms with Crippen LogP contribution in [0.4, 0.5) is 15.0 Å². The molecule has 4 rings (SSSR count). The van der Waals surface area contributed by atoms with Crippen LogP contribution in [0.2, 0.25) is 0 Å². The molecule has 1 aliphatic heterocycles. The summed E-state index contributed by atoms with van der Waals surface area (Å²) in [5.74, 6) is -0.524. The quantitative estimate of drug-likeness (QED) is 0.221. The molecular formula is C34H40FN7O4. The molecule has 0 saturated carbocycles. The fourth-order valence-electron chi connectivity index (χ4n) is 5.05. The van der Waals surface area contributed by atoms with Crippen molar-refractivity contribution in [2.45, 2.75) is 45.3 Å².